The van der Waals surface area contributed by atoms with Gasteiger partial charge in [0.2, 0.25) is 0 Å². The highest BCUT2D eigenvalue weighted by atomic mass is 19.4. The van der Waals surface area contributed by atoms with Crippen molar-refractivity contribution in [3.8, 4) is 0 Å². The number of carboxylic acids is 1. The number of carbonyl (C=O) groups excluding carboxylic acids is 2. The van der Waals surface area contributed by atoms with Gasteiger partial charge in [0, 0.05) is 30.2 Å². The number of rotatable bonds is 6. The van der Waals surface area contributed by atoms with Crippen molar-refractivity contribution in [3.05, 3.63) is 82.3 Å². The molecule has 3 heterocycles. The molecular formula is C27H24F4N4O5. The lowest BCUT2D eigenvalue weighted by atomic mass is 9.80. The Labute approximate surface area is 225 Å². The molecule has 13 heteroatoms. The second-order valence-corrected chi connectivity index (χ2v) is 9.49. The maximum atomic E-state index is 13.9. The van der Waals surface area contributed by atoms with Gasteiger partial charge >= 0.3 is 12.1 Å². The van der Waals surface area contributed by atoms with Crippen LogP contribution in [-0.4, -0.2) is 58.5 Å². The summed E-state index contributed by atoms with van der Waals surface area (Å²) >= 11 is 0. The molecule has 0 saturated carbocycles. The number of ether oxygens (including phenoxy) is 1. The Morgan fingerprint density at radius 3 is 2.50 bits per heavy atom. The number of hydrogen-bond donors (Lipinski definition) is 2. The molecule has 9 nitrogen and oxygen atoms in total. The topological polar surface area (TPSA) is 114 Å². The average Bonchev–Trinajstić information content (AvgIpc) is 3.58. The number of amides is 2. The van der Waals surface area contributed by atoms with E-state index in [1.165, 1.54) is 27.8 Å². The lowest BCUT2D eigenvalue weighted by Crippen LogP contribution is -2.55. The van der Waals surface area contributed by atoms with Crippen molar-refractivity contribution >= 4 is 23.6 Å². The van der Waals surface area contributed by atoms with Gasteiger partial charge in [0.1, 0.15) is 17.7 Å². The third kappa shape index (κ3) is 4.81. The first-order valence-corrected chi connectivity index (χ1v) is 12.5. The van der Waals surface area contributed by atoms with Gasteiger partial charge in [0.15, 0.2) is 5.69 Å². The summed E-state index contributed by atoms with van der Waals surface area (Å²) < 4.78 is 60.6. The van der Waals surface area contributed by atoms with Gasteiger partial charge in [-0.05, 0) is 49.2 Å². The van der Waals surface area contributed by atoms with Crippen LogP contribution in [0.1, 0.15) is 62.8 Å². The van der Waals surface area contributed by atoms with Crippen LogP contribution >= 0.6 is 0 Å². The summed E-state index contributed by atoms with van der Waals surface area (Å²) in [7, 11) is 0. The predicted molar refractivity (Wildman–Crippen MR) is 133 cm³/mol. The number of aromatic carboxylic acids is 1. The summed E-state index contributed by atoms with van der Waals surface area (Å²) in [6.07, 6.45) is -4.17. The zero-order chi connectivity index (χ0) is 28.8. The van der Waals surface area contributed by atoms with Crippen LogP contribution in [0, 0.1) is 5.82 Å². The van der Waals surface area contributed by atoms with Crippen molar-refractivity contribution in [1.29, 1.82) is 0 Å². The van der Waals surface area contributed by atoms with Gasteiger partial charge in [0.25, 0.3) is 11.8 Å². The van der Waals surface area contributed by atoms with Crippen LogP contribution in [0.4, 0.5) is 23.4 Å². The van der Waals surface area contributed by atoms with Gasteiger partial charge in [-0.1, -0.05) is 18.2 Å². The quantitative estimate of drug-likeness (QED) is 0.441. The first-order chi connectivity index (χ1) is 19.0. The molecule has 5 rings (SSSR count). The maximum absolute atomic E-state index is 13.9. The lowest BCUT2D eigenvalue weighted by Gasteiger charge is -2.38. The molecule has 3 aromatic rings. The number of hydrogen-bond acceptors (Lipinski definition) is 5. The lowest BCUT2D eigenvalue weighted by molar-refractivity contribution is -0.137. The Kier molecular flexibility index (Phi) is 7.08. The van der Waals surface area contributed by atoms with Gasteiger partial charge in [-0.2, -0.15) is 18.3 Å². The van der Waals surface area contributed by atoms with Crippen molar-refractivity contribution in [2.45, 2.75) is 37.5 Å². The van der Waals surface area contributed by atoms with Crippen LogP contribution < -0.4 is 10.2 Å². The van der Waals surface area contributed by atoms with E-state index in [4.69, 9.17) is 4.74 Å². The molecule has 2 amide bonds. The summed E-state index contributed by atoms with van der Waals surface area (Å²) in [6, 6.07) is 6.94. The van der Waals surface area contributed by atoms with E-state index in [-0.39, 0.29) is 41.8 Å². The second-order valence-electron chi connectivity index (χ2n) is 9.49. The monoisotopic (exact) mass is 560 g/mol. The zero-order valence-corrected chi connectivity index (χ0v) is 21.1. The van der Waals surface area contributed by atoms with Crippen molar-refractivity contribution in [3.63, 3.8) is 0 Å². The van der Waals surface area contributed by atoms with Crippen LogP contribution in [0.3, 0.4) is 0 Å². The fourth-order valence-electron chi connectivity index (χ4n) is 5.24. The fraction of sp³-hybridized carbons (Fsp3) is 0.333. The minimum Gasteiger partial charge on any atom is -0.476 e. The number of fused-ring (bicyclic) bond motifs is 1. The minimum absolute atomic E-state index is 0.0796. The molecule has 0 aliphatic carbocycles. The van der Waals surface area contributed by atoms with Crippen molar-refractivity contribution in [2.24, 2.45) is 0 Å². The van der Waals surface area contributed by atoms with Crippen LogP contribution in [-0.2, 0) is 15.7 Å². The first kappa shape index (κ1) is 27.3. The summed E-state index contributed by atoms with van der Waals surface area (Å²) in [4.78, 5) is 40.9. The van der Waals surface area contributed by atoms with Crippen LogP contribution in [0.5, 0.6) is 0 Å². The van der Waals surface area contributed by atoms with E-state index < -0.39 is 47.3 Å². The molecule has 2 aromatic carbocycles. The molecule has 2 N–H and O–H groups in total. The number of nitrogens with zero attached hydrogens (tertiary/aromatic N) is 3. The zero-order valence-electron chi connectivity index (χ0n) is 21.1. The fourth-order valence-corrected chi connectivity index (χ4v) is 5.24. The van der Waals surface area contributed by atoms with E-state index in [1.54, 1.807) is 6.92 Å². The van der Waals surface area contributed by atoms with Gasteiger partial charge in [-0.15, -0.1) is 0 Å². The molecule has 40 heavy (non-hydrogen) atoms. The van der Waals surface area contributed by atoms with Crippen LogP contribution in [0.2, 0.25) is 0 Å². The number of likely N-dealkylation sites (N-methyl/N-ethyl adjacent to an activating group) is 1. The average molecular weight is 561 g/mol. The number of aromatic nitrogens is 2. The van der Waals surface area contributed by atoms with E-state index in [1.807, 2.05) is 0 Å². The standard InChI is InChI=1S/C27H24F4N4O5/c1-2-34-24-20(22(26(38)39)33-35(24)18-10-11-40-13-18)19(14-6-8-17(28)9-7-14)21(25(34)37)32-23(36)15-4-3-5-16(12-15)27(29,30)31/h3-9,12,18-19,21H,2,10-11,13H2,1H3,(H,32,36)(H,38,39)/t18?,19-,21-/m1/s1. The van der Waals surface area contributed by atoms with Gasteiger partial charge in [-0.3, -0.25) is 14.5 Å². The Bertz CT molecular complexity index is 1460. The van der Waals surface area contributed by atoms with E-state index in [2.05, 4.69) is 10.4 Å². The van der Waals surface area contributed by atoms with Crippen molar-refractivity contribution in [2.75, 3.05) is 24.7 Å². The summed E-state index contributed by atoms with van der Waals surface area (Å²) in [5.74, 6) is -4.47. The highest BCUT2D eigenvalue weighted by Gasteiger charge is 2.48. The molecule has 2 aliphatic heterocycles. The second kappa shape index (κ2) is 10.4. The molecule has 1 saturated heterocycles. The summed E-state index contributed by atoms with van der Waals surface area (Å²) in [6.45, 7) is 2.40. The first-order valence-electron chi connectivity index (χ1n) is 12.5. The number of alkyl halides is 3. The molecular weight excluding hydrogens is 536 g/mol. The molecule has 1 aromatic heterocycles. The number of carbonyl (C=O) groups is 3. The largest absolute Gasteiger partial charge is 0.476 e. The Hall–Kier alpha value is -4.26. The minimum atomic E-state index is -4.70. The van der Waals surface area contributed by atoms with Crippen molar-refractivity contribution in [1.82, 2.24) is 15.1 Å². The van der Waals surface area contributed by atoms with Gasteiger partial charge < -0.3 is 15.2 Å². The number of anilines is 1. The molecule has 2 aliphatic rings. The van der Waals surface area contributed by atoms with E-state index in [9.17, 15) is 37.1 Å². The normalized spacial score (nSPS) is 20.9. The molecule has 0 spiro atoms. The number of carboxylic acid groups (broad SMARTS) is 1. The Morgan fingerprint density at radius 1 is 1.18 bits per heavy atom. The summed E-state index contributed by atoms with van der Waals surface area (Å²) in [5.41, 5.74) is -1.31. The predicted octanol–water partition coefficient (Wildman–Crippen LogP) is 4.00. The number of nitrogens with one attached hydrogen (secondary N) is 1. The molecule has 1 unspecified atom stereocenters. The van der Waals surface area contributed by atoms with E-state index in [0.29, 0.717) is 24.7 Å². The summed E-state index contributed by atoms with van der Waals surface area (Å²) in [5, 5.41) is 17.0. The number of halogens is 4. The number of benzene rings is 2. The SMILES string of the molecule is CCN1C(=O)[C@H](NC(=O)c2cccc(C(F)(F)F)c2)[C@H](c2ccc(F)cc2)c2c(C(=O)O)nn(C3CCOC3)c21. The van der Waals surface area contributed by atoms with Crippen LogP contribution in [0.25, 0.3) is 0 Å². The van der Waals surface area contributed by atoms with Crippen LogP contribution in [0.15, 0.2) is 48.5 Å². The molecule has 1 fully saturated rings. The molecule has 3 atom stereocenters. The maximum Gasteiger partial charge on any atom is 0.416 e. The molecule has 210 valence electrons. The van der Waals surface area contributed by atoms with E-state index in [0.717, 1.165) is 24.3 Å². The molecule has 0 radical (unpaired) electrons. The third-order valence-corrected chi connectivity index (χ3v) is 7.09. The Morgan fingerprint density at radius 2 is 1.90 bits per heavy atom. The Balaban J connectivity index is 1.67. The highest BCUT2D eigenvalue weighted by Crippen LogP contribution is 2.44. The van der Waals surface area contributed by atoms with Gasteiger partial charge in [0.05, 0.1) is 18.2 Å². The van der Waals surface area contributed by atoms with Crippen molar-refractivity contribution < 1.29 is 41.8 Å². The smallest absolute Gasteiger partial charge is 0.416 e. The van der Waals surface area contributed by atoms with E-state index >= 15 is 0 Å². The third-order valence-electron chi connectivity index (χ3n) is 7.09. The van der Waals surface area contributed by atoms with Gasteiger partial charge in [-0.25, -0.2) is 13.9 Å². The highest BCUT2D eigenvalue weighted by molar-refractivity contribution is 6.06. The molecule has 0 bridgehead atoms.